The molecule has 0 amide bonds. The average molecular weight is 258 g/mol. The van der Waals surface area contributed by atoms with Gasteiger partial charge in [0, 0.05) is 5.56 Å². The first-order chi connectivity index (χ1) is 9.17. The lowest BCUT2D eigenvalue weighted by Crippen LogP contribution is -2.02. The minimum atomic E-state index is -0.265. The highest BCUT2D eigenvalue weighted by Crippen LogP contribution is 2.31. The Hall–Kier alpha value is -2.49. The summed E-state index contributed by atoms with van der Waals surface area (Å²) in [5.41, 5.74) is 0.689. The van der Waals surface area contributed by atoms with Crippen LogP contribution in [-0.2, 0) is 0 Å². The van der Waals surface area contributed by atoms with Gasteiger partial charge in [-0.2, -0.15) is 0 Å². The Kier molecular flexibility index (Phi) is 3.71. The summed E-state index contributed by atoms with van der Waals surface area (Å²) in [6.45, 7) is 0. The molecular weight excluding hydrogens is 244 g/mol. The molecule has 0 atom stereocenters. The van der Waals surface area contributed by atoms with Crippen LogP contribution >= 0.6 is 0 Å². The predicted molar refractivity (Wildman–Crippen MR) is 71.1 cm³/mol. The summed E-state index contributed by atoms with van der Waals surface area (Å²) >= 11 is 0. The summed E-state index contributed by atoms with van der Waals surface area (Å²) in [5.74, 6) is 0.538. The van der Waals surface area contributed by atoms with Crippen molar-refractivity contribution in [1.82, 2.24) is 0 Å². The molecule has 4 nitrogen and oxygen atoms in total. The van der Waals surface area contributed by atoms with E-state index in [1.165, 1.54) is 7.11 Å². The lowest BCUT2D eigenvalue weighted by Gasteiger charge is -2.08. The van der Waals surface area contributed by atoms with Crippen molar-refractivity contribution >= 4 is 5.78 Å². The maximum absolute atomic E-state index is 12.3. The molecule has 0 saturated heterocycles. The highest BCUT2D eigenvalue weighted by atomic mass is 16.5. The molecule has 19 heavy (non-hydrogen) atoms. The highest BCUT2D eigenvalue weighted by Gasteiger charge is 2.16. The van der Waals surface area contributed by atoms with E-state index in [2.05, 4.69) is 0 Å². The van der Waals surface area contributed by atoms with E-state index in [-0.39, 0.29) is 22.8 Å². The van der Waals surface area contributed by atoms with E-state index >= 15 is 0 Å². The minimum absolute atomic E-state index is 0.147. The quantitative estimate of drug-likeness (QED) is 0.856. The number of aromatic hydroxyl groups is 1. The summed E-state index contributed by atoms with van der Waals surface area (Å²) in [6, 6.07) is 11.5. The van der Waals surface area contributed by atoms with Crippen molar-refractivity contribution in [3.8, 4) is 17.2 Å². The highest BCUT2D eigenvalue weighted by molar-refractivity contribution is 6.11. The number of para-hydroxylation sites is 1. The van der Waals surface area contributed by atoms with Crippen molar-refractivity contribution in [2.75, 3.05) is 14.2 Å². The molecule has 0 saturated carbocycles. The summed E-state index contributed by atoms with van der Waals surface area (Å²) in [7, 11) is 3.00. The van der Waals surface area contributed by atoms with Crippen LogP contribution < -0.4 is 9.47 Å². The molecule has 0 unspecified atom stereocenters. The van der Waals surface area contributed by atoms with E-state index in [4.69, 9.17) is 9.47 Å². The third-order valence-corrected chi connectivity index (χ3v) is 2.82. The van der Waals surface area contributed by atoms with Crippen LogP contribution in [-0.4, -0.2) is 25.1 Å². The van der Waals surface area contributed by atoms with Crippen LogP contribution in [0.25, 0.3) is 0 Å². The molecule has 1 N–H and O–H groups in total. The van der Waals surface area contributed by atoms with Gasteiger partial charge in [-0.25, -0.2) is 0 Å². The minimum Gasteiger partial charge on any atom is -0.504 e. The van der Waals surface area contributed by atoms with Gasteiger partial charge in [-0.15, -0.1) is 0 Å². The lowest BCUT2D eigenvalue weighted by atomic mass is 10.0. The second kappa shape index (κ2) is 5.44. The van der Waals surface area contributed by atoms with E-state index in [0.717, 1.165) is 0 Å². The summed E-state index contributed by atoms with van der Waals surface area (Å²) in [6.07, 6.45) is 0. The molecule has 98 valence electrons. The fourth-order valence-electron chi connectivity index (χ4n) is 1.77. The average Bonchev–Trinajstić information content (AvgIpc) is 2.47. The van der Waals surface area contributed by atoms with Gasteiger partial charge in [0.1, 0.15) is 5.75 Å². The zero-order valence-corrected chi connectivity index (χ0v) is 10.7. The molecule has 0 bridgehead atoms. The van der Waals surface area contributed by atoms with Crippen LogP contribution in [0.3, 0.4) is 0 Å². The van der Waals surface area contributed by atoms with Crippen molar-refractivity contribution in [2.24, 2.45) is 0 Å². The van der Waals surface area contributed by atoms with Gasteiger partial charge in [-0.1, -0.05) is 6.07 Å². The molecule has 0 heterocycles. The zero-order valence-electron chi connectivity index (χ0n) is 10.7. The number of benzene rings is 2. The Morgan fingerprint density at radius 1 is 1.00 bits per heavy atom. The van der Waals surface area contributed by atoms with Crippen LogP contribution in [0.15, 0.2) is 42.5 Å². The predicted octanol–water partition coefficient (Wildman–Crippen LogP) is 2.64. The molecule has 0 aromatic heterocycles. The van der Waals surface area contributed by atoms with Gasteiger partial charge in [0.15, 0.2) is 17.3 Å². The van der Waals surface area contributed by atoms with E-state index in [1.807, 2.05) is 0 Å². The first-order valence-corrected chi connectivity index (χ1v) is 5.72. The van der Waals surface area contributed by atoms with Crippen LogP contribution in [0, 0.1) is 0 Å². The van der Waals surface area contributed by atoms with Gasteiger partial charge in [-0.05, 0) is 36.4 Å². The van der Waals surface area contributed by atoms with Crippen LogP contribution in [0.5, 0.6) is 17.2 Å². The van der Waals surface area contributed by atoms with E-state index in [9.17, 15) is 9.90 Å². The SMILES string of the molecule is COc1ccc(C(=O)c2cccc(OC)c2O)cc1. The number of methoxy groups -OCH3 is 2. The molecule has 0 aliphatic carbocycles. The maximum Gasteiger partial charge on any atom is 0.196 e. The molecule has 0 spiro atoms. The van der Waals surface area contributed by atoms with E-state index < -0.39 is 0 Å². The summed E-state index contributed by atoms with van der Waals surface area (Å²) < 4.78 is 10.0. The van der Waals surface area contributed by atoms with Crippen molar-refractivity contribution in [3.05, 3.63) is 53.6 Å². The van der Waals surface area contributed by atoms with Gasteiger partial charge in [-0.3, -0.25) is 4.79 Å². The van der Waals surface area contributed by atoms with Gasteiger partial charge in [0.2, 0.25) is 0 Å². The molecule has 2 aromatic carbocycles. The Bertz CT molecular complexity index is 588. The molecule has 0 aliphatic rings. The molecule has 4 heteroatoms. The Morgan fingerprint density at radius 2 is 1.68 bits per heavy atom. The normalized spacial score (nSPS) is 10.0. The number of hydrogen-bond acceptors (Lipinski definition) is 4. The van der Waals surface area contributed by atoms with Crippen molar-refractivity contribution in [1.29, 1.82) is 0 Å². The zero-order chi connectivity index (χ0) is 13.8. The van der Waals surface area contributed by atoms with Crippen molar-refractivity contribution in [2.45, 2.75) is 0 Å². The fraction of sp³-hybridized carbons (Fsp3) is 0.133. The maximum atomic E-state index is 12.3. The van der Waals surface area contributed by atoms with Crippen LogP contribution in [0.2, 0.25) is 0 Å². The Morgan fingerprint density at radius 3 is 2.26 bits per heavy atom. The third kappa shape index (κ3) is 2.52. The van der Waals surface area contributed by atoms with Crippen LogP contribution in [0.4, 0.5) is 0 Å². The summed E-state index contributed by atoms with van der Waals surface area (Å²) in [4.78, 5) is 12.3. The van der Waals surface area contributed by atoms with Gasteiger partial charge in [0.05, 0.1) is 19.8 Å². The standard InChI is InChI=1S/C15H14O4/c1-18-11-8-6-10(7-9-11)14(16)12-4-3-5-13(19-2)15(12)17/h3-9,17H,1-2H3. The second-order valence-electron chi connectivity index (χ2n) is 3.91. The first-order valence-electron chi connectivity index (χ1n) is 5.72. The summed E-state index contributed by atoms with van der Waals surface area (Å²) in [5, 5.41) is 9.95. The number of carbonyl (C=O) groups excluding carboxylic acids is 1. The Balaban J connectivity index is 2.38. The first kappa shape index (κ1) is 13.0. The number of phenols is 1. The van der Waals surface area contributed by atoms with Crippen molar-refractivity contribution < 1.29 is 19.4 Å². The number of carbonyl (C=O) groups is 1. The Labute approximate surface area is 111 Å². The van der Waals surface area contributed by atoms with Crippen molar-refractivity contribution in [3.63, 3.8) is 0 Å². The number of rotatable bonds is 4. The van der Waals surface area contributed by atoms with E-state index in [0.29, 0.717) is 11.3 Å². The van der Waals surface area contributed by atoms with Gasteiger partial charge < -0.3 is 14.6 Å². The second-order valence-corrected chi connectivity index (χ2v) is 3.91. The smallest absolute Gasteiger partial charge is 0.196 e. The number of phenolic OH excluding ortho intramolecular Hbond substituents is 1. The molecular formula is C15H14O4. The van der Waals surface area contributed by atoms with Gasteiger partial charge >= 0.3 is 0 Å². The largest absolute Gasteiger partial charge is 0.504 e. The molecule has 2 aromatic rings. The molecule has 0 fully saturated rings. The third-order valence-electron chi connectivity index (χ3n) is 2.82. The molecule has 0 aliphatic heterocycles. The molecule has 2 rings (SSSR count). The topological polar surface area (TPSA) is 55.8 Å². The van der Waals surface area contributed by atoms with E-state index in [1.54, 1.807) is 49.6 Å². The molecule has 0 radical (unpaired) electrons. The van der Waals surface area contributed by atoms with Crippen LogP contribution in [0.1, 0.15) is 15.9 Å². The number of ketones is 1. The fourth-order valence-corrected chi connectivity index (χ4v) is 1.77. The number of ether oxygens (including phenoxy) is 2. The number of hydrogen-bond donors (Lipinski definition) is 1. The van der Waals surface area contributed by atoms with Gasteiger partial charge in [0.25, 0.3) is 0 Å². The lowest BCUT2D eigenvalue weighted by molar-refractivity contribution is 0.103. The monoisotopic (exact) mass is 258 g/mol.